The molecule has 23 heavy (non-hydrogen) atoms. The molecule has 1 unspecified atom stereocenters. The third-order valence-electron chi connectivity index (χ3n) is 3.62. The van der Waals surface area contributed by atoms with Gasteiger partial charge in [0.15, 0.2) is 0 Å². The molecule has 5 heteroatoms. The van der Waals surface area contributed by atoms with Crippen molar-refractivity contribution < 1.29 is 17.6 Å². The predicted octanol–water partition coefficient (Wildman–Crippen LogP) is 5.13. The zero-order chi connectivity index (χ0) is 16.9. The van der Waals surface area contributed by atoms with Gasteiger partial charge in [0.2, 0.25) is 0 Å². The minimum absolute atomic E-state index is 0.0529. The lowest BCUT2D eigenvalue weighted by molar-refractivity contribution is -0.137. The Bertz CT molecular complexity index is 623. The molecule has 2 rings (SSSR count). The van der Waals surface area contributed by atoms with E-state index in [9.17, 15) is 17.6 Å². The first-order chi connectivity index (χ1) is 10.9. The maximum absolute atomic E-state index is 14.1. The second-order valence-electron chi connectivity index (χ2n) is 5.43. The van der Waals surface area contributed by atoms with E-state index >= 15 is 0 Å². The van der Waals surface area contributed by atoms with Crippen LogP contribution in [0.2, 0.25) is 0 Å². The van der Waals surface area contributed by atoms with Crippen LogP contribution in [0.25, 0.3) is 0 Å². The van der Waals surface area contributed by atoms with E-state index in [0.29, 0.717) is 13.0 Å². The molecule has 0 fully saturated rings. The largest absolute Gasteiger partial charge is 0.416 e. The summed E-state index contributed by atoms with van der Waals surface area (Å²) in [4.78, 5) is 0. The van der Waals surface area contributed by atoms with E-state index in [2.05, 4.69) is 5.32 Å². The molecule has 2 aromatic carbocycles. The number of hydrogen-bond acceptors (Lipinski definition) is 1. The number of nitrogens with one attached hydrogen (secondary N) is 1. The van der Waals surface area contributed by atoms with Gasteiger partial charge >= 0.3 is 6.18 Å². The molecule has 0 radical (unpaired) electrons. The average molecular weight is 325 g/mol. The quantitative estimate of drug-likeness (QED) is 0.726. The first-order valence-corrected chi connectivity index (χ1v) is 7.55. The molecule has 0 saturated carbocycles. The maximum Gasteiger partial charge on any atom is 0.416 e. The molecule has 0 saturated heterocycles. The molecule has 0 aliphatic carbocycles. The molecule has 0 aliphatic rings. The molecule has 1 atom stereocenters. The Labute approximate surface area is 133 Å². The van der Waals surface area contributed by atoms with Gasteiger partial charge in [-0.05, 0) is 43.1 Å². The summed E-state index contributed by atoms with van der Waals surface area (Å²) in [6, 6.07) is 11.4. The van der Waals surface area contributed by atoms with Crippen molar-refractivity contribution >= 4 is 0 Å². The highest BCUT2D eigenvalue weighted by Crippen LogP contribution is 2.32. The van der Waals surface area contributed by atoms with Crippen molar-refractivity contribution in [2.45, 2.75) is 32.0 Å². The summed E-state index contributed by atoms with van der Waals surface area (Å²) in [5.41, 5.74) is 0.167. The van der Waals surface area contributed by atoms with E-state index in [4.69, 9.17) is 0 Å². The van der Waals surface area contributed by atoms with E-state index in [1.807, 2.05) is 37.3 Å². The molecule has 0 aliphatic heterocycles. The minimum atomic E-state index is -4.48. The van der Waals surface area contributed by atoms with E-state index in [0.717, 1.165) is 30.2 Å². The van der Waals surface area contributed by atoms with Crippen molar-refractivity contribution in [1.29, 1.82) is 0 Å². The number of benzene rings is 2. The molecule has 0 heterocycles. The minimum Gasteiger partial charge on any atom is -0.310 e. The van der Waals surface area contributed by atoms with Crippen molar-refractivity contribution in [3.05, 3.63) is 71.0 Å². The molecule has 2 aromatic rings. The van der Waals surface area contributed by atoms with Crippen molar-refractivity contribution in [3.63, 3.8) is 0 Å². The normalized spacial score (nSPS) is 13.1. The third kappa shape index (κ3) is 4.79. The zero-order valence-corrected chi connectivity index (χ0v) is 12.8. The predicted molar refractivity (Wildman–Crippen MR) is 82.6 cm³/mol. The maximum atomic E-state index is 14.1. The van der Waals surface area contributed by atoms with E-state index in [1.165, 1.54) is 0 Å². The van der Waals surface area contributed by atoms with Crippen LogP contribution in [0, 0.1) is 5.82 Å². The Morgan fingerprint density at radius 3 is 2.35 bits per heavy atom. The standard InChI is InChI=1S/C18H19F4N/c1-2-10-23-17(11-13-6-4-3-5-7-13)15-12-14(18(20,21)22)8-9-16(15)19/h3-9,12,17,23H,2,10-11H2,1H3. The van der Waals surface area contributed by atoms with Crippen LogP contribution in [-0.4, -0.2) is 6.54 Å². The van der Waals surface area contributed by atoms with Gasteiger partial charge in [-0.25, -0.2) is 4.39 Å². The van der Waals surface area contributed by atoms with Gasteiger partial charge < -0.3 is 5.32 Å². The van der Waals surface area contributed by atoms with Gasteiger partial charge in [0.1, 0.15) is 5.82 Å². The van der Waals surface area contributed by atoms with Gasteiger partial charge in [-0.15, -0.1) is 0 Å². The highest BCUT2D eigenvalue weighted by atomic mass is 19.4. The van der Waals surface area contributed by atoms with E-state index in [-0.39, 0.29) is 5.56 Å². The molecule has 1 N–H and O–H groups in total. The first-order valence-electron chi connectivity index (χ1n) is 7.55. The van der Waals surface area contributed by atoms with Gasteiger partial charge in [-0.1, -0.05) is 37.3 Å². The highest BCUT2D eigenvalue weighted by molar-refractivity contribution is 5.31. The van der Waals surface area contributed by atoms with Crippen LogP contribution in [-0.2, 0) is 12.6 Å². The number of halogens is 4. The summed E-state index contributed by atoms with van der Waals surface area (Å²) in [7, 11) is 0. The smallest absolute Gasteiger partial charge is 0.310 e. The van der Waals surface area contributed by atoms with Crippen molar-refractivity contribution in [1.82, 2.24) is 5.32 Å². The Balaban J connectivity index is 2.34. The monoisotopic (exact) mass is 325 g/mol. The second-order valence-corrected chi connectivity index (χ2v) is 5.43. The molecule has 0 bridgehead atoms. The fourth-order valence-corrected chi connectivity index (χ4v) is 2.45. The van der Waals surface area contributed by atoms with Crippen LogP contribution in [0.3, 0.4) is 0 Å². The van der Waals surface area contributed by atoms with Crippen LogP contribution in [0.4, 0.5) is 17.6 Å². The number of rotatable bonds is 6. The molecule has 0 aromatic heterocycles. The SMILES string of the molecule is CCCNC(Cc1ccccc1)c1cc(C(F)(F)F)ccc1F. The molecule has 124 valence electrons. The van der Waals surface area contributed by atoms with Crippen molar-refractivity contribution in [2.75, 3.05) is 6.54 Å². The van der Waals surface area contributed by atoms with Crippen LogP contribution in [0.15, 0.2) is 48.5 Å². The molecular weight excluding hydrogens is 306 g/mol. The van der Waals surface area contributed by atoms with Gasteiger partial charge in [0.25, 0.3) is 0 Å². The van der Waals surface area contributed by atoms with Crippen LogP contribution < -0.4 is 5.32 Å². The topological polar surface area (TPSA) is 12.0 Å². The van der Waals surface area contributed by atoms with E-state index < -0.39 is 23.6 Å². The second kappa shape index (κ2) is 7.59. The summed E-state index contributed by atoms with van der Waals surface area (Å²) in [5.74, 6) is -0.623. The Morgan fingerprint density at radius 2 is 1.74 bits per heavy atom. The van der Waals surface area contributed by atoms with Gasteiger partial charge in [0.05, 0.1) is 5.56 Å². The fourth-order valence-electron chi connectivity index (χ4n) is 2.45. The Kier molecular flexibility index (Phi) is 5.77. The highest BCUT2D eigenvalue weighted by Gasteiger charge is 2.32. The lowest BCUT2D eigenvalue weighted by Gasteiger charge is -2.21. The Hall–Kier alpha value is -1.88. The lowest BCUT2D eigenvalue weighted by Crippen LogP contribution is -2.25. The van der Waals surface area contributed by atoms with Crippen LogP contribution in [0.1, 0.15) is 36.1 Å². The van der Waals surface area contributed by atoms with Crippen molar-refractivity contribution in [2.24, 2.45) is 0 Å². The lowest BCUT2D eigenvalue weighted by atomic mass is 9.96. The van der Waals surface area contributed by atoms with Gasteiger partial charge in [-0.2, -0.15) is 13.2 Å². The zero-order valence-electron chi connectivity index (χ0n) is 12.8. The van der Waals surface area contributed by atoms with Crippen molar-refractivity contribution in [3.8, 4) is 0 Å². The summed E-state index contributed by atoms with van der Waals surface area (Å²) in [6.45, 7) is 2.56. The summed E-state index contributed by atoms with van der Waals surface area (Å²) < 4.78 is 52.8. The van der Waals surface area contributed by atoms with Crippen LogP contribution >= 0.6 is 0 Å². The molecule has 0 spiro atoms. The fraction of sp³-hybridized carbons (Fsp3) is 0.333. The molecule has 0 amide bonds. The number of hydrogen-bond donors (Lipinski definition) is 1. The third-order valence-corrected chi connectivity index (χ3v) is 3.62. The summed E-state index contributed by atoms with van der Waals surface area (Å²) in [5, 5.41) is 3.15. The van der Waals surface area contributed by atoms with Crippen LogP contribution in [0.5, 0.6) is 0 Å². The molecule has 1 nitrogen and oxygen atoms in total. The van der Waals surface area contributed by atoms with E-state index in [1.54, 1.807) is 0 Å². The first kappa shape index (κ1) is 17.5. The van der Waals surface area contributed by atoms with Gasteiger partial charge in [-0.3, -0.25) is 0 Å². The summed E-state index contributed by atoms with van der Waals surface area (Å²) in [6.07, 6.45) is -3.24. The Morgan fingerprint density at radius 1 is 1.04 bits per heavy atom. The average Bonchev–Trinajstić information content (AvgIpc) is 2.52. The number of alkyl halides is 3. The summed E-state index contributed by atoms with van der Waals surface area (Å²) >= 11 is 0. The molecular formula is C18H19F4N. The van der Waals surface area contributed by atoms with Gasteiger partial charge in [0, 0.05) is 11.6 Å².